The fourth-order valence-corrected chi connectivity index (χ4v) is 27.4. The number of unbranched alkanes of at least 4 members (excludes halogenated alkanes) is 10. The summed E-state index contributed by atoms with van der Waals surface area (Å²) >= 11 is 6.81. The Labute approximate surface area is 592 Å². The Morgan fingerprint density at radius 2 is 0.606 bits per heavy atom. The lowest BCUT2D eigenvalue weighted by molar-refractivity contribution is 0.135. The predicted molar refractivity (Wildman–Crippen MR) is 417 cm³/mol. The molecule has 0 amide bonds. The smallest absolute Gasteiger partial charge is 0.264 e. The molecule has 0 saturated heterocycles. The molecule has 542 valence electrons. The molecule has 0 radical (unpaired) electrons. The second-order valence-electron chi connectivity index (χ2n) is 29.5. The van der Waals surface area contributed by atoms with Gasteiger partial charge in [0.25, 0.3) is 26.8 Å². The fraction of sp³-hybridized carbons (Fsp3) is 0.671. The number of hydrogen-bond donors (Lipinski definition) is 2. The average molecular weight is 1560 g/mol. The Morgan fingerprint density at radius 3 is 0.830 bits per heavy atom. The van der Waals surface area contributed by atoms with Gasteiger partial charge in [0.1, 0.15) is 0 Å². The summed E-state index contributed by atoms with van der Waals surface area (Å²) < 4.78 is 93.2. The summed E-state index contributed by atoms with van der Waals surface area (Å²) in [5.41, 5.74) is -1.10. The molecule has 21 heteroatoms. The van der Waals surface area contributed by atoms with E-state index in [2.05, 4.69) is 199 Å². The van der Waals surface area contributed by atoms with Crippen LogP contribution in [0.15, 0.2) is 121 Å². The van der Waals surface area contributed by atoms with Crippen LogP contribution < -0.4 is 20.7 Å². The predicted octanol–water partition coefficient (Wildman–Crippen LogP) is 18.9. The van der Waals surface area contributed by atoms with E-state index in [0.717, 1.165) is 94.2 Å². The summed E-state index contributed by atoms with van der Waals surface area (Å²) in [6.07, 6.45) is 17.2. The van der Waals surface area contributed by atoms with Crippen LogP contribution in [0.3, 0.4) is 0 Å². The first-order chi connectivity index (χ1) is 43.5. The van der Waals surface area contributed by atoms with E-state index >= 15 is 0 Å². The molecule has 13 nitrogen and oxygen atoms in total. The molecule has 0 heterocycles. The van der Waals surface area contributed by atoms with Gasteiger partial charge in [-0.25, -0.2) is 0 Å². The van der Waals surface area contributed by atoms with Crippen LogP contribution in [-0.2, 0) is 50.4 Å². The van der Waals surface area contributed by atoms with E-state index in [-0.39, 0.29) is 34.5 Å². The van der Waals surface area contributed by atoms with E-state index in [4.69, 9.17) is 32.6 Å². The lowest BCUT2D eigenvalue weighted by atomic mass is 10.2. The highest BCUT2D eigenvalue weighted by molar-refractivity contribution is 9.09. The minimum atomic E-state index is -3.34. The second-order valence-corrected chi connectivity index (χ2v) is 49.3. The molecule has 0 saturated carbocycles. The van der Waals surface area contributed by atoms with Crippen molar-refractivity contribution in [3.8, 4) is 0 Å². The zero-order valence-electron chi connectivity index (χ0n) is 61.6. The molecule has 0 aliphatic carbocycles. The second kappa shape index (κ2) is 46.2. The largest absolute Gasteiger partial charge is 0.407 e. The van der Waals surface area contributed by atoms with Crippen LogP contribution >= 0.6 is 54.0 Å². The Hall–Kier alpha value is -1.41. The van der Waals surface area contributed by atoms with Crippen molar-refractivity contribution in [1.29, 1.82) is 0 Å². The van der Waals surface area contributed by atoms with Gasteiger partial charge in [-0.2, -0.15) is 8.42 Å². The molecule has 0 aromatic heterocycles. The third-order valence-corrected chi connectivity index (χ3v) is 32.4. The minimum Gasteiger partial charge on any atom is -0.407 e. The molecule has 2 N–H and O–H groups in total. The van der Waals surface area contributed by atoms with Gasteiger partial charge in [0.15, 0.2) is 0 Å². The highest BCUT2D eigenvalue weighted by Crippen LogP contribution is 2.49. The molecule has 4 rings (SSSR count). The number of halogens is 2. The number of hydrogen-bond acceptors (Lipinski definition) is 13. The van der Waals surface area contributed by atoms with Crippen molar-refractivity contribution in [2.45, 2.75) is 227 Å². The van der Waals surface area contributed by atoms with Gasteiger partial charge in [0.2, 0.25) is 22.1 Å². The van der Waals surface area contributed by atoms with Crippen molar-refractivity contribution >= 4 is 101 Å². The van der Waals surface area contributed by atoms with Gasteiger partial charge in [0.05, 0.1) is 29.7 Å². The average Bonchev–Trinajstić information content (AvgIpc) is 0.759. The molecule has 0 fully saturated rings. The monoisotopic (exact) mass is 1550 g/mol. The molecular formula is C73H129Br2O13P3SSi2. The van der Waals surface area contributed by atoms with E-state index in [1.54, 1.807) is 20.0 Å². The summed E-state index contributed by atoms with van der Waals surface area (Å²) in [7, 11) is -15.7. The normalized spacial score (nSPS) is 14.4. The van der Waals surface area contributed by atoms with Gasteiger partial charge in [0, 0.05) is 75.6 Å². The Balaban J connectivity index is 0.00000123. The zero-order valence-corrected chi connectivity index (χ0v) is 70.3. The van der Waals surface area contributed by atoms with Crippen molar-refractivity contribution in [3.05, 3.63) is 121 Å². The summed E-state index contributed by atoms with van der Waals surface area (Å²) in [6.45, 7) is 38.5. The number of rotatable bonds is 36. The molecule has 0 aliphatic heterocycles. The van der Waals surface area contributed by atoms with Crippen LogP contribution in [-0.4, -0.2) is 140 Å². The lowest BCUT2D eigenvalue weighted by Crippen LogP contribution is -2.66. The van der Waals surface area contributed by atoms with E-state index in [1.165, 1.54) is 40.0 Å². The first-order valence-electron chi connectivity index (χ1n) is 34.0. The van der Waals surface area contributed by atoms with E-state index in [0.29, 0.717) is 38.1 Å². The first-order valence-corrected chi connectivity index (χ1v) is 48.6. The van der Waals surface area contributed by atoms with Crippen LogP contribution in [0, 0.1) is 0 Å². The third kappa shape index (κ3) is 42.0. The maximum Gasteiger partial charge on any atom is 0.264 e. The Morgan fingerprint density at radius 1 is 0.372 bits per heavy atom. The molecule has 94 heavy (non-hydrogen) atoms. The summed E-state index contributed by atoms with van der Waals surface area (Å²) in [4.78, 5) is 0. The van der Waals surface area contributed by atoms with Crippen LogP contribution in [0.2, 0.25) is 10.1 Å². The van der Waals surface area contributed by atoms with Gasteiger partial charge >= 0.3 is 0 Å². The molecule has 0 spiro atoms. The fourth-order valence-electron chi connectivity index (χ4n) is 10.9. The lowest BCUT2D eigenvalue weighted by Gasteiger charge is -2.43. The van der Waals surface area contributed by atoms with E-state index in [1.807, 2.05) is 62.3 Å². The number of aliphatic hydroxyl groups excluding tert-OH is 2. The molecule has 4 aromatic carbocycles. The van der Waals surface area contributed by atoms with Crippen molar-refractivity contribution in [1.82, 2.24) is 0 Å². The van der Waals surface area contributed by atoms with Gasteiger partial charge in [-0.15, -0.1) is 0 Å². The van der Waals surface area contributed by atoms with Gasteiger partial charge in [-0.1, -0.05) is 227 Å². The van der Waals surface area contributed by atoms with Crippen LogP contribution in [0.25, 0.3) is 0 Å². The molecular weight excluding hydrogens is 1430 g/mol. The first kappa shape index (κ1) is 92.6. The summed E-state index contributed by atoms with van der Waals surface area (Å²) in [5, 5.41) is 24.4. The topological polar surface area (TPSA) is 181 Å². The number of alkyl halides is 2. The third-order valence-electron chi connectivity index (χ3n) is 14.4. The van der Waals surface area contributed by atoms with Crippen molar-refractivity contribution < 1.29 is 58.9 Å². The molecule has 0 aliphatic rings. The highest BCUT2D eigenvalue weighted by Gasteiger charge is 2.51. The van der Waals surface area contributed by atoms with Crippen molar-refractivity contribution in [2.24, 2.45) is 0 Å². The van der Waals surface area contributed by atoms with Gasteiger partial charge in [-0.05, 0) is 157 Å². The van der Waals surface area contributed by atoms with Crippen LogP contribution in [0.4, 0.5) is 0 Å². The highest BCUT2D eigenvalue weighted by atomic mass is 79.9. The van der Waals surface area contributed by atoms with Crippen molar-refractivity contribution in [2.75, 3.05) is 88.4 Å². The zero-order chi connectivity index (χ0) is 71.9. The van der Waals surface area contributed by atoms with Gasteiger partial charge < -0.3 is 32.6 Å². The summed E-state index contributed by atoms with van der Waals surface area (Å²) in [5.74, 6) is 0. The van der Waals surface area contributed by atoms with Gasteiger partial charge in [-0.3, -0.25) is 17.9 Å². The van der Waals surface area contributed by atoms with E-state index in [9.17, 15) is 22.1 Å². The van der Waals surface area contributed by atoms with Crippen LogP contribution in [0.1, 0.15) is 200 Å². The summed E-state index contributed by atoms with van der Waals surface area (Å²) in [6, 6.07) is 43.2. The minimum absolute atomic E-state index is 0.00459. The maximum absolute atomic E-state index is 12.7. The Kier molecular flexibility index (Phi) is 45.5. The molecule has 0 bridgehead atoms. The quantitative estimate of drug-likeness (QED) is 0.0144. The maximum atomic E-state index is 12.7. The SMILES string of the molecule is CC(C)(C)OP(C)(=O)CCCCCO.CC(C)(C)OP(C)(=O)CCCCCOS(C)(=O)=O.CC(C)(C)OP(C)(=O)CCCCCO[Si](c1ccccc1)(c1ccccc1)C(C)(C)C.CC(C)(C)[Si](OCCCCCBr)(c1ccccc1)c1ccccc1.OCCCCCBr. The molecule has 4 aromatic rings. The Bertz CT molecular complexity index is 2750. The van der Waals surface area contributed by atoms with Crippen molar-refractivity contribution in [3.63, 3.8) is 0 Å². The number of benzene rings is 4. The molecule has 3 unspecified atom stereocenters. The molecule has 3 atom stereocenters. The standard InChI is InChI=1S/C26H41O3PSi.C21H29BrOSi.C11H25O5PS.C10H23O3P.C5H11BrO/c1-25(2,3)29-30(7,27)22-16-10-15-21-28-31(26(4,5)6,23-17-11-8-12-18-23)24-19-13-9-14-20-24;1-21(2,3)24(19-13-7-4-8-14-19,20-15-9-5-10-16-20)23-18-12-6-11-17-22;1-11(2,3)16-17(4,12)10-8-6-7-9-15-18(5,13)14;1-10(2,3)13-14(4,12)9-7-5-6-8-11;6-4-2-1-3-5-7/h8-9,11-14,17-20H,10,15-16,21-22H2,1-7H3;4-5,7-10,13-16H,6,11-12,17-18H2,1-3H3;6-10H2,1-5H3;11H,5-9H2,1-4H3;7H,1-5H2. The van der Waals surface area contributed by atoms with Crippen LogP contribution in [0.5, 0.6) is 0 Å². The van der Waals surface area contributed by atoms with E-state index < -0.39 is 54.5 Å². The number of aliphatic hydroxyl groups is 2.